The highest BCUT2D eigenvalue weighted by Gasteiger charge is 2.23. The van der Waals surface area contributed by atoms with Crippen LogP contribution in [0.25, 0.3) is 0 Å². The van der Waals surface area contributed by atoms with Gasteiger partial charge in [0.05, 0.1) is 47.0 Å². The summed E-state index contributed by atoms with van der Waals surface area (Å²) in [5.74, 6) is 0. The Labute approximate surface area is 225 Å². The van der Waals surface area contributed by atoms with E-state index < -0.39 is 7.82 Å². The van der Waals surface area contributed by atoms with Crippen LogP contribution in [0.15, 0.2) is 0 Å². The third-order valence-corrected chi connectivity index (χ3v) is 7.67. The summed E-state index contributed by atoms with van der Waals surface area (Å²) < 4.78 is 29.2. The van der Waals surface area contributed by atoms with Crippen LogP contribution in [0.3, 0.4) is 0 Å². The molecule has 0 fully saturated rings. The average molecular weight is 537 g/mol. The van der Waals surface area contributed by atoms with Crippen molar-refractivity contribution in [2.75, 3.05) is 47.5 Å². The lowest BCUT2D eigenvalue weighted by molar-refractivity contribution is -0.870. The summed E-state index contributed by atoms with van der Waals surface area (Å²) in [5.41, 5.74) is 0. The maximum atomic E-state index is 12.2. The van der Waals surface area contributed by atoms with Gasteiger partial charge in [-0.05, 0) is 32.6 Å². The van der Waals surface area contributed by atoms with Crippen LogP contribution in [0.1, 0.15) is 136 Å². The number of hydrogen-bond donors (Lipinski definition) is 1. The van der Waals surface area contributed by atoms with Gasteiger partial charge >= 0.3 is 7.82 Å². The minimum Gasteiger partial charge on any atom is -0.376 e. The van der Waals surface area contributed by atoms with Crippen LogP contribution < -0.4 is 0 Å². The molecule has 2 unspecified atom stereocenters. The first-order chi connectivity index (χ1) is 17.2. The topological polar surface area (TPSA) is 65.0 Å². The van der Waals surface area contributed by atoms with Crippen molar-refractivity contribution in [1.29, 1.82) is 0 Å². The Morgan fingerprint density at radius 1 is 0.667 bits per heavy atom. The summed E-state index contributed by atoms with van der Waals surface area (Å²) >= 11 is 0. The second-order valence-corrected chi connectivity index (χ2v) is 12.9. The molecule has 0 aromatic carbocycles. The van der Waals surface area contributed by atoms with Gasteiger partial charge in [0.15, 0.2) is 0 Å². The number of phosphoric acid groups is 1. The van der Waals surface area contributed by atoms with Gasteiger partial charge < -0.3 is 14.1 Å². The van der Waals surface area contributed by atoms with Crippen LogP contribution in [-0.4, -0.2) is 63.0 Å². The van der Waals surface area contributed by atoms with Gasteiger partial charge in [-0.1, -0.05) is 103 Å². The van der Waals surface area contributed by atoms with Gasteiger partial charge in [-0.2, -0.15) is 0 Å². The highest BCUT2D eigenvalue weighted by atomic mass is 31.2. The van der Waals surface area contributed by atoms with E-state index in [2.05, 4.69) is 28.1 Å². The van der Waals surface area contributed by atoms with E-state index in [1.165, 1.54) is 89.9 Å². The van der Waals surface area contributed by atoms with Crippen molar-refractivity contribution >= 4 is 7.82 Å². The normalized spacial score (nSPS) is 14.7. The van der Waals surface area contributed by atoms with Crippen LogP contribution in [0.2, 0.25) is 0 Å². The van der Waals surface area contributed by atoms with Crippen LogP contribution >= 0.6 is 7.82 Å². The molecule has 36 heavy (non-hydrogen) atoms. The van der Waals surface area contributed by atoms with Crippen LogP contribution in [0.5, 0.6) is 0 Å². The predicted octanol–water partition coefficient (Wildman–Crippen LogP) is 8.66. The van der Waals surface area contributed by atoms with Crippen molar-refractivity contribution in [3.05, 3.63) is 0 Å². The Morgan fingerprint density at radius 2 is 1.14 bits per heavy atom. The molecule has 0 aromatic heterocycles. The molecule has 7 heteroatoms. The molecule has 0 saturated carbocycles. The quantitative estimate of drug-likeness (QED) is 0.0616. The van der Waals surface area contributed by atoms with E-state index in [1.807, 2.05) is 6.92 Å². The molecular weight excluding hydrogens is 473 g/mol. The lowest BCUT2D eigenvalue weighted by atomic mass is 10.0. The third-order valence-electron chi connectivity index (χ3n) is 6.68. The molecule has 0 rings (SSSR count). The summed E-state index contributed by atoms with van der Waals surface area (Å²) in [6.45, 7) is 6.26. The van der Waals surface area contributed by atoms with E-state index in [0.29, 0.717) is 6.61 Å². The maximum absolute atomic E-state index is 12.2. The molecule has 6 nitrogen and oxygen atoms in total. The fraction of sp³-hybridized carbons (Fsp3) is 1.00. The summed E-state index contributed by atoms with van der Waals surface area (Å²) in [6.07, 6.45) is 23.7. The number of rotatable bonds is 28. The van der Waals surface area contributed by atoms with Gasteiger partial charge in [0.2, 0.25) is 0 Å². The molecule has 0 spiro atoms. The van der Waals surface area contributed by atoms with Gasteiger partial charge in [-0.15, -0.1) is 0 Å². The van der Waals surface area contributed by atoms with Crippen molar-refractivity contribution in [1.82, 2.24) is 0 Å². The first-order valence-corrected chi connectivity index (χ1v) is 16.7. The zero-order valence-corrected chi connectivity index (χ0v) is 25.7. The third kappa shape index (κ3) is 27.1. The molecule has 0 aliphatic heterocycles. The highest BCUT2D eigenvalue weighted by Crippen LogP contribution is 2.43. The monoisotopic (exact) mass is 536 g/mol. The van der Waals surface area contributed by atoms with Crippen LogP contribution in [0, 0.1) is 0 Å². The van der Waals surface area contributed by atoms with E-state index in [0.717, 1.165) is 43.1 Å². The minimum atomic E-state index is -4.01. The van der Waals surface area contributed by atoms with Crippen molar-refractivity contribution in [2.45, 2.75) is 142 Å². The molecule has 0 bridgehead atoms. The summed E-state index contributed by atoms with van der Waals surface area (Å²) in [4.78, 5) is 9.97. The van der Waals surface area contributed by atoms with E-state index in [9.17, 15) is 9.46 Å². The lowest BCUT2D eigenvalue weighted by Crippen LogP contribution is -2.35. The van der Waals surface area contributed by atoms with Crippen LogP contribution in [0.4, 0.5) is 0 Å². The molecule has 0 saturated heterocycles. The van der Waals surface area contributed by atoms with Crippen molar-refractivity contribution in [2.24, 2.45) is 0 Å². The second-order valence-electron chi connectivity index (χ2n) is 11.5. The fourth-order valence-corrected chi connectivity index (χ4v) is 5.24. The van der Waals surface area contributed by atoms with Crippen LogP contribution in [-0.2, 0) is 18.3 Å². The number of ether oxygens (including phenoxy) is 1. The number of hydrogen-bond acceptors (Lipinski definition) is 4. The molecule has 0 aromatic rings. The lowest BCUT2D eigenvalue weighted by Gasteiger charge is -2.23. The molecule has 1 N–H and O–H groups in total. The Hall–Kier alpha value is 0.0300. The standard InChI is InChI=1S/C29H62NO5P/c1-6-8-9-10-11-12-13-14-15-16-17-18-19-20-22-25-29(33-7-2)28-35-36(31,32)34-27-24-21-23-26-30(3,4)5/h29H,6-28H2,1-5H3/p+1. The average Bonchev–Trinajstić information content (AvgIpc) is 2.81. The number of nitrogens with zero attached hydrogens (tertiary/aromatic N) is 1. The maximum Gasteiger partial charge on any atom is 0.472 e. The smallest absolute Gasteiger partial charge is 0.376 e. The Morgan fingerprint density at radius 3 is 1.61 bits per heavy atom. The molecule has 2 atom stereocenters. The van der Waals surface area contributed by atoms with Gasteiger partial charge in [0.1, 0.15) is 0 Å². The molecule has 0 radical (unpaired) electrons. The van der Waals surface area contributed by atoms with Gasteiger partial charge in [0.25, 0.3) is 0 Å². The molecule has 0 aliphatic rings. The number of unbranched alkanes of at least 4 members (excludes halogenated alkanes) is 16. The summed E-state index contributed by atoms with van der Waals surface area (Å²) in [6, 6.07) is 0. The first kappa shape index (κ1) is 36.0. The van der Waals surface area contributed by atoms with Crippen molar-refractivity contribution in [3.63, 3.8) is 0 Å². The van der Waals surface area contributed by atoms with E-state index in [4.69, 9.17) is 13.8 Å². The molecule has 0 amide bonds. The number of quaternary nitrogens is 1. The zero-order valence-electron chi connectivity index (χ0n) is 24.8. The van der Waals surface area contributed by atoms with E-state index >= 15 is 0 Å². The SMILES string of the molecule is CCCCCCCCCCCCCCCCCC(COP(=O)(O)OCCCCC[N+](C)(C)C)OCC. The van der Waals surface area contributed by atoms with Crippen molar-refractivity contribution < 1.29 is 27.7 Å². The Bertz CT molecular complexity index is 512. The first-order valence-electron chi connectivity index (χ1n) is 15.2. The molecule has 218 valence electrons. The predicted molar refractivity (Wildman–Crippen MR) is 153 cm³/mol. The van der Waals surface area contributed by atoms with Crippen molar-refractivity contribution in [3.8, 4) is 0 Å². The molecular formula is C29H63NO5P+. The highest BCUT2D eigenvalue weighted by molar-refractivity contribution is 7.47. The summed E-state index contributed by atoms with van der Waals surface area (Å²) in [7, 11) is 2.49. The Kier molecular flexibility index (Phi) is 24.1. The van der Waals surface area contributed by atoms with Gasteiger partial charge in [-0.25, -0.2) is 4.57 Å². The van der Waals surface area contributed by atoms with E-state index in [1.54, 1.807) is 0 Å². The van der Waals surface area contributed by atoms with Gasteiger partial charge in [0, 0.05) is 6.61 Å². The summed E-state index contributed by atoms with van der Waals surface area (Å²) in [5, 5.41) is 0. The number of phosphoric ester groups is 1. The second kappa shape index (κ2) is 24.1. The Balaban J connectivity index is 3.70. The van der Waals surface area contributed by atoms with E-state index in [-0.39, 0.29) is 19.3 Å². The fourth-order valence-electron chi connectivity index (χ4n) is 4.45. The molecule has 0 heterocycles. The largest absolute Gasteiger partial charge is 0.472 e. The molecule has 0 aliphatic carbocycles. The minimum absolute atomic E-state index is 0.113. The zero-order chi connectivity index (χ0) is 27.0. The van der Waals surface area contributed by atoms with Gasteiger partial charge in [-0.3, -0.25) is 9.05 Å².